The van der Waals surface area contributed by atoms with Gasteiger partial charge in [-0.25, -0.2) is 0 Å². The summed E-state index contributed by atoms with van der Waals surface area (Å²) in [7, 11) is 0. The minimum atomic E-state index is -0.141. The lowest BCUT2D eigenvalue weighted by Crippen LogP contribution is -2.44. The zero-order valence-electron chi connectivity index (χ0n) is 31.2. The van der Waals surface area contributed by atoms with Crippen molar-refractivity contribution in [1.82, 2.24) is 30.6 Å². The average molecular weight is 663 g/mol. The molecule has 10 nitrogen and oxygen atoms in total. The molecule has 1 saturated heterocycles. The zero-order valence-corrected chi connectivity index (χ0v) is 31.2. The van der Waals surface area contributed by atoms with Crippen LogP contribution in [0.5, 0.6) is 0 Å². The Morgan fingerprint density at radius 1 is 1.25 bits per heavy atom. The molecule has 0 bridgehead atoms. The Labute approximate surface area is 289 Å². The van der Waals surface area contributed by atoms with E-state index in [0.717, 1.165) is 84.7 Å². The molecule has 3 heterocycles. The van der Waals surface area contributed by atoms with E-state index in [4.69, 9.17) is 15.5 Å². The number of aromatic nitrogens is 2. The quantitative estimate of drug-likeness (QED) is 0.0862. The highest BCUT2D eigenvalue weighted by Gasteiger charge is 2.33. The Hall–Kier alpha value is -3.60. The number of aliphatic hydroxyl groups excluding tert-OH is 1. The number of fused-ring (bicyclic) bond motifs is 1. The molecule has 2 aliphatic heterocycles. The second-order valence-electron chi connectivity index (χ2n) is 13.7. The molecule has 1 fully saturated rings. The number of allylic oxidation sites excluding steroid dienone is 7. The monoisotopic (exact) mass is 662 g/mol. The van der Waals surface area contributed by atoms with E-state index >= 15 is 0 Å². The van der Waals surface area contributed by atoms with E-state index in [1.807, 2.05) is 58.3 Å². The van der Waals surface area contributed by atoms with Crippen LogP contribution in [-0.4, -0.2) is 70.0 Å². The van der Waals surface area contributed by atoms with Crippen molar-refractivity contribution in [1.29, 1.82) is 5.41 Å². The molecule has 48 heavy (non-hydrogen) atoms. The molecule has 0 aliphatic carbocycles. The normalized spacial score (nSPS) is 19.4. The molecule has 0 radical (unpaired) electrons. The fourth-order valence-electron chi connectivity index (χ4n) is 5.43. The number of likely N-dealkylation sites (tertiary alicyclic amines) is 1. The molecule has 1 aromatic rings. The van der Waals surface area contributed by atoms with Gasteiger partial charge in [0.2, 0.25) is 5.91 Å². The predicted octanol–water partition coefficient (Wildman–Crippen LogP) is 6.65. The second-order valence-corrected chi connectivity index (χ2v) is 13.7. The summed E-state index contributed by atoms with van der Waals surface area (Å²) in [5, 5.41) is 30.4. The van der Waals surface area contributed by atoms with Crippen LogP contribution in [0.2, 0.25) is 0 Å². The Morgan fingerprint density at radius 3 is 2.56 bits per heavy atom. The molecule has 0 spiro atoms. The summed E-state index contributed by atoms with van der Waals surface area (Å²) in [6.45, 7) is 23.8. The molecule has 3 rings (SSSR count). The minimum absolute atomic E-state index is 0.00548. The van der Waals surface area contributed by atoms with Crippen LogP contribution in [-0.2, 0) is 11.3 Å². The maximum absolute atomic E-state index is 12.5. The van der Waals surface area contributed by atoms with E-state index in [2.05, 4.69) is 78.2 Å². The lowest BCUT2D eigenvalue weighted by atomic mass is 10.0. The third-order valence-corrected chi connectivity index (χ3v) is 8.98. The van der Waals surface area contributed by atoms with Crippen molar-refractivity contribution in [3.63, 3.8) is 0 Å². The van der Waals surface area contributed by atoms with Crippen molar-refractivity contribution < 1.29 is 9.90 Å². The van der Waals surface area contributed by atoms with Gasteiger partial charge in [0.25, 0.3) is 0 Å². The highest BCUT2D eigenvalue weighted by Crippen LogP contribution is 2.28. The third kappa shape index (κ3) is 12.5. The van der Waals surface area contributed by atoms with E-state index < -0.39 is 0 Å². The van der Waals surface area contributed by atoms with Crippen molar-refractivity contribution in [3.05, 3.63) is 69.9 Å². The number of amides is 1. The maximum atomic E-state index is 12.5. The lowest BCUT2D eigenvalue weighted by Gasteiger charge is -2.30. The van der Waals surface area contributed by atoms with Gasteiger partial charge in [-0.1, -0.05) is 44.9 Å². The zero-order chi connectivity index (χ0) is 35.9. The molecule has 2 unspecified atom stereocenters. The van der Waals surface area contributed by atoms with Crippen LogP contribution in [0.4, 0.5) is 0 Å². The van der Waals surface area contributed by atoms with E-state index in [1.165, 1.54) is 11.9 Å². The highest BCUT2D eigenvalue weighted by atomic mass is 16.3. The predicted molar refractivity (Wildman–Crippen MR) is 201 cm³/mol. The van der Waals surface area contributed by atoms with Gasteiger partial charge in [-0.3, -0.25) is 19.4 Å². The van der Waals surface area contributed by atoms with Crippen molar-refractivity contribution in [2.24, 2.45) is 10.9 Å². The van der Waals surface area contributed by atoms with E-state index in [1.54, 1.807) is 0 Å². The number of carbonyl (C=O) groups is 1. The van der Waals surface area contributed by atoms with Crippen LogP contribution < -0.4 is 16.0 Å². The number of nitrogens with zero attached hydrogens (tertiary/aromatic N) is 4. The summed E-state index contributed by atoms with van der Waals surface area (Å²) in [6.07, 6.45) is 17.4. The Bertz CT molecular complexity index is 1410. The molecule has 10 heteroatoms. The first kappa shape index (κ1) is 40.6. The lowest BCUT2D eigenvalue weighted by molar-refractivity contribution is -0.122. The molecule has 2 aliphatic rings. The van der Waals surface area contributed by atoms with Gasteiger partial charge in [0.05, 0.1) is 30.2 Å². The summed E-state index contributed by atoms with van der Waals surface area (Å²) in [5.74, 6) is 0.448. The number of aliphatic imine (C=N–C) groups is 1. The molecular formula is C38H62N8O2. The standard InChI is InChI=1S/C19H29N5.C19H33N3O2/c1-6-13(2)7-18(22-9-15(4)14(3)8-20)17-11-23-24-16(5)10-21-12-19(17)24;1-6-7-9-16(12-17(15(2)3)20-14-23)21-18(24)13-22-11-8-10-19(22,4)5/h7-9,11,13,16,20-21H,6,10,12H2,1-5H3;7,9,12,20,23H,6,8,10-11,13-14H2,1-5H3,(H,21,24)/b15-14+,18-7-,20-8?,22-9-;9-7+,16-12+. The highest BCUT2D eigenvalue weighted by molar-refractivity contribution is 5.91. The van der Waals surface area contributed by atoms with Gasteiger partial charge in [0, 0.05) is 48.0 Å². The van der Waals surface area contributed by atoms with Gasteiger partial charge in [-0.15, -0.1) is 0 Å². The first-order chi connectivity index (χ1) is 22.8. The molecule has 0 saturated carbocycles. The molecule has 266 valence electrons. The van der Waals surface area contributed by atoms with Crippen LogP contribution in [0.15, 0.2) is 63.6 Å². The average Bonchev–Trinajstić information content (AvgIpc) is 3.63. The summed E-state index contributed by atoms with van der Waals surface area (Å²) in [4.78, 5) is 19.4. The van der Waals surface area contributed by atoms with E-state index in [9.17, 15) is 4.79 Å². The van der Waals surface area contributed by atoms with Gasteiger partial charge in [-0.05, 0) is 103 Å². The SMILES string of the molecule is CC/C=C/C(=C\C(NCO)=C(C)C)NC(=O)CN1CCCC1(C)C.CCC(C)\C=C(/N=C\C(C)=C(/C)C=N)c1cnn2c1CNCC2C. The minimum Gasteiger partial charge on any atom is -0.377 e. The first-order valence-electron chi connectivity index (χ1n) is 17.4. The van der Waals surface area contributed by atoms with Gasteiger partial charge in [0.1, 0.15) is 6.73 Å². The molecule has 2 atom stereocenters. The van der Waals surface area contributed by atoms with Crippen LogP contribution in [0.1, 0.15) is 112 Å². The van der Waals surface area contributed by atoms with Gasteiger partial charge in [0.15, 0.2) is 0 Å². The molecule has 1 aromatic heterocycles. The number of nitrogens with one attached hydrogen (secondary N) is 4. The summed E-state index contributed by atoms with van der Waals surface area (Å²) in [5.41, 5.74) is 7.88. The van der Waals surface area contributed by atoms with Crippen molar-refractivity contribution in [2.75, 3.05) is 26.4 Å². The number of aliphatic hydroxyl groups is 1. The summed E-state index contributed by atoms with van der Waals surface area (Å²) < 4.78 is 2.11. The second kappa shape index (κ2) is 20.0. The smallest absolute Gasteiger partial charge is 0.238 e. The van der Waals surface area contributed by atoms with Crippen molar-refractivity contribution in [2.45, 2.75) is 113 Å². The number of hydrogen-bond donors (Lipinski definition) is 5. The van der Waals surface area contributed by atoms with Gasteiger partial charge in [-0.2, -0.15) is 5.10 Å². The fourth-order valence-corrected chi connectivity index (χ4v) is 5.43. The van der Waals surface area contributed by atoms with Crippen LogP contribution in [0.3, 0.4) is 0 Å². The first-order valence-corrected chi connectivity index (χ1v) is 17.4. The molecular weight excluding hydrogens is 600 g/mol. The van der Waals surface area contributed by atoms with Gasteiger partial charge < -0.3 is 26.5 Å². The van der Waals surface area contributed by atoms with Crippen LogP contribution in [0, 0.1) is 11.3 Å². The van der Waals surface area contributed by atoms with Gasteiger partial charge >= 0.3 is 0 Å². The fraction of sp³-hybridized carbons (Fsp3) is 0.579. The van der Waals surface area contributed by atoms with E-state index in [0.29, 0.717) is 18.5 Å². The third-order valence-electron chi connectivity index (χ3n) is 8.98. The van der Waals surface area contributed by atoms with Crippen molar-refractivity contribution >= 4 is 24.0 Å². The molecule has 1 amide bonds. The number of rotatable bonds is 14. The van der Waals surface area contributed by atoms with Crippen molar-refractivity contribution in [3.8, 4) is 0 Å². The maximum Gasteiger partial charge on any atom is 0.238 e. The molecule has 5 N–H and O–H groups in total. The number of carbonyl (C=O) groups excluding carboxylic acids is 1. The summed E-state index contributed by atoms with van der Waals surface area (Å²) in [6, 6.07) is 0.359. The Morgan fingerprint density at radius 2 is 1.98 bits per heavy atom. The number of hydrogen-bond acceptors (Lipinski definition) is 8. The molecule has 0 aromatic carbocycles. The topological polar surface area (TPSA) is 131 Å². The Kier molecular flexibility index (Phi) is 16.9. The largest absolute Gasteiger partial charge is 0.377 e. The van der Waals surface area contributed by atoms with E-state index in [-0.39, 0.29) is 18.2 Å². The Balaban J connectivity index is 0.000000333. The van der Waals surface area contributed by atoms with Crippen LogP contribution in [0.25, 0.3) is 5.70 Å². The van der Waals surface area contributed by atoms with Crippen LogP contribution >= 0.6 is 0 Å². The summed E-state index contributed by atoms with van der Waals surface area (Å²) >= 11 is 0.